The molecule has 1 rings (SSSR count). The SMILES string of the molecule is C=CC1N[C@@H]1C. The second kappa shape index (κ2) is 1.09. The highest BCUT2D eigenvalue weighted by Crippen LogP contribution is 2.08. The smallest absolute Gasteiger partial charge is 0.0402 e. The van der Waals surface area contributed by atoms with Crippen molar-refractivity contribution in [3.63, 3.8) is 0 Å². The van der Waals surface area contributed by atoms with Crippen molar-refractivity contribution in [2.45, 2.75) is 19.0 Å². The molecule has 0 amide bonds. The lowest BCUT2D eigenvalue weighted by Crippen LogP contribution is -1.78. The molecule has 0 aromatic rings. The summed E-state index contributed by atoms with van der Waals surface area (Å²) in [4.78, 5) is 0. The summed E-state index contributed by atoms with van der Waals surface area (Å²) in [5, 5.41) is 3.16. The Morgan fingerprint density at radius 3 is 2.33 bits per heavy atom. The first-order valence-electron chi connectivity index (χ1n) is 2.23. The van der Waals surface area contributed by atoms with Gasteiger partial charge in [0.15, 0.2) is 0 Å². The second-order valence-corrected chi connectivity index (χ2v) is 1.72. The Morgan fingerprint density at radius 1 is 1.83 bits per heavy atom. The summed E-state index contributed by atoms with van der Waals surface area (Å²) >= 11 is 0. The Morgan fingerprint density at radius 2 is 2.33 bits per heavy atom. The minimum Gasteiger partial charge on any atom is -0.305 e. The molecule has 1 aliphatic rings. The van der Waals surface area contributed by atoms with Crippen LogP contribution >= 0.6 is 0 Å². The Balaban J connectivity index is 2.25. The Kier molecular flexibility index (Phi) is 0.701. The lowest BCUT2D eigenvalue weighted by molar-refractivity contribution is 1.08. The zero-order valence-electron chi connectivity index (χ0n) is 3.94. The van der Waals surface area contributed by atoms with Crippen LogP contribution in [0, 0.1) is 0 Å². The van der Waals surface area contributed by atoms with E-state index in [1.807, 2.05) is 6.08 Å². The van der Waals surface area contributed by atoms with Gasteiger partial charge in [-0.15, -0.1) is 6.58 Å². The fourth-order valence-electron chi connectivity index (χ4n) is 0.520. The molecule has 0 aliphatic carbocycles. The fraction of sp³-hybridized carbons (Fsp3) is 0.600. The average Bonchev–Trinajstić information content (AvgIpc) is 2.19. The Labute approximate surface area is 38.1 Å². The number of hydrogen-bond donors (Lipinski definition) is 1. The van der Waals surface area contributed by atoms with Crippen molar-refractivity contribution in [3.05, 3.63) is 12.7 Å². The van der Waals surface area contributed by atoms with Gasteiger partial charge in [0.05, 0.1) is 0 Å². The number of hydrogen-bond acceptors (Lipinski definition) is 1. The highest BCUT2D eigenvalue weighted by atomic mass is 15.1. The van der Waals surface area contributed by atoms with E-state index in [-0.39, 0.29) is 0 Å². The molecule has 0 saturated carbocycles. The van der Waals surface area contributed by atoms with Crippen LogP contribution in [0.5, 0.6) is 0 Å². The van der Waals surface area contributed by atoms with Crippen molar-refractivity contribution in [2.75, 3.05) is 0 Å². The van der Waals surface area contributed by atoms with Crippen LogP contribution in [-0.4, -0.2) is 12.1 Å². The van der Waals surface area contributed by atoms with Gasteiger partial charge in [-0.1, -0.05) is 6.08 Å². The van der Waals surface area contributed by atoms with Gasteiger partial charge in [0.25, 0.3) is 0 Å². The molecule has 1 nitrogen and oxygen atoms in total. The molecule has 0 radical (unpaired) electrons. The molecule has 1 aliphatic heterocycles. The maximum atomic E-state index is 3.61. The van der Waals surface area contributed by atoms with E-state index in [0.29, 0.717) is 12.1 Å². The second-order valence-electron chi connectivity index (χ2n) is 1.72. The molecule has 34 valence electrons. The molecule has 0 aromatic heterocycles. The van der Waals surface area contributed by atoms with Crippen LogP contribution in [-0.2, 0) is 0 Å². The van der Waals surface area contributed by atoms with E-state index in [0.717, 1.165) is 0 Å². The molecule has 2 atom stereocenters. The molecule has 1 unspecified atom stereocenters. The van der Waals surface area contributed by atoms with E-state index in [2.05, 4.69) is 18.8 Å². The zero-order chi connectivity index (χ0) is 4.57. The quantitative estimate of drug-likeness (QED) is 0.362. The maximum absolute atomic E-state index is 3.61. The summed E-state index contributed by atoms with van der Waals surface area (Å²) < 4.78 is 0. The maximum Gasteiger partial charge on any atom is 0.0402 e. The molecule has 0 spiro atoms. The summed E-state index contributed by atoms with van der Waals surface area (Å²) in [5.41, 5.74) is 0. The lowest BCUT2D eigenvalue weighted by atomic mass is 10.3. The minimum atomic E-state index is 0.616. The first kappa shape index (κ1) is 3.88. The summed E-state index contributed by atoms with van der Waals surface area (Å²) in [6, 6.07) is 1.31. The molecular weight excluding hydrogens is 74.1 g/mol. The number of nitrogens with one attached hydrogen (secondary N) is 1. The van der Waals surface area contributed by atoms with Crippen LogP contribution in [0.4, 0.5) is 0 Å². The van der Waals surface area contributed by atoms with E-state index >= 15 is 0 Å². The van der Waals surface area contributed by atoms with Gasteiger partial charge < -0.3 is 5.32 Å². The fourth-order valence-corrected chi connectivity index (χ4v) is 0.520. The monoisotopic (exact) mass is 83.1 g/mol. The molecule has 1 heteroatoms. The van der Waals surface area contributed by atoms with Crippen molar-refractivity contribution in [1.82, 2.24) is 5.32 Å². The van der Waals surface area contributed by atoms with Crippen molar-refractivity contribution in [1.29, 1.82) is 0 Å². The van der Waals surface area contributed by atoms with Gasteiger partial charge in [0.1, 0.15) is 0 Å². The molecule has 6 heavy (non-hydrogen) atoms. The highest BCUT2D eigenvalue weighted by molar-refractivity contribution is 5.05. The molecule has 0 bridgehead atoms. The highest BCUT2D eigenvalue weighted by Gasteiger charge is 2.26. The van der Waals surface area contributed by atoms with Crippen molar-refractivity contribution < 1.29 is 0 Å². The zero-order valence-corrected chi connectivity index (χ0v) is 3.94. The van der Waals surface area contributed by atoms with Crippen molar-refractivity contribution in [2.24, 2.45) is 0 Å². The summed E-state index contributed by atoms with van der Waals surface area (Å²) in [6.07, 6.45) is 1.94. The molecule has 1 heterocycles. The summed E-state index contributed by atoms with van der Waals surface area (Å²) in [7, 11) is 0. The first-order chi connectivity index (χ1) is 2.84. The van der Waals surface area contributed by atoms with Crippen molar-refractivity contribution in [3.8, 4) is 0 Å². The van der Waals surface area contributed by atoms with Crippen LogP contribution in [0.1, 0.15) is 6.92 Å². The topological polar surface area (TPSA) is 21.9 Å². The average molecular weight is 83.1 g/mol. The van der Waals surface area contributed by atoms with Crippen LogP contribution in [0.15, 0.2) is 12.7 Å². The van der Waals surface area contributed by atoms with E-state index < -0.39 is 0 Å². The minimum absolute atomic E-state index is 0.616. The molecule has 1 saturated heterocycles. The van der Waals surface area contributed by atoms with E-state index in [1.54, 1.807) is 0 Å². The predicted octanol–water partition coefficient (Wildman–Crippen LogP) is 0.533. The molecular formula is C5H9N. The van der Waals surface area contributed by atoms with Gasteiger partial charge in [-0.3, -0.25) is 0 Å². The van der Waals surface area contributed by atoms with Gasteiger partial charge in [-0.05, 0) is 6.92 Å². The van der Waals surface area contributed by atoms with Crippen molar-refractivity contribution >= 4 is 0 Å². The van der Waals surface area contributed by atoms with Gasteiger partial charge >= 0.3 is 0 Å². The van der Waals surface area contributed by atoms with Gasteiger partial charge in [-0.2, -0.15) is 0 Å². The summed E-state index contributed by atoms with van der Waals surface area (Å²) in [6.45, 7) is 5.76. The van der Waals surface area contributed by atoms with E-state index in [4.69, 9.17) is 0 Å². The normalized spacial score (nSPS) is 42.2. The third-order valence-electron chi connectivity index (χ3n) is 1.14. The largest absolute Gasteiger partial charge is 0.305 e. The number of rotatable bonds is 1. The molecule has 0 aromatic carbocycles. The van der Waals surface area contributed by atoms with E-state index in [1.165, 1.54) is 0 Å². The molecule has 1 fully saturated rings. The third kappa shape index (κ3) is 0.455. The van der Waals surface area contributed by atoms with Gasteiger partial charge in [-0.25, -0.2) is 0 Å². The lowest BCUT2D eigenvalue weighted by Gasteiger charge is -1.67. The standard InChI is InChI=1S/C5H9N/c1-3-5-4(2)6-5/h3-6H,1H2,2H3/t4-,5?/m1/s1. The van der Waals surface area contributed by atoms with E-state index in [9.17, 15) is 0 Å². The third-order valence-corrected chi connectivity index (χ3v) is 1.14. The molecule has 1 N–H and O–H groups in total. The van der Waals surface area contributed by atoms with Crippen LogP contribution < -0.4 is 5.32 Å². The van der Waals surface area contributed by atoms with Crippen LogP contribution in [0.3, 0.4) is 0 Å². The Hall–Kier alpha value is -0.300. The van der Waals surface area contributed by atoms with Crippen LogP contribution in [0.2, 0.25) is 0 Å². The first-order valence-corrected chi connectivity index (χ1v) is 2.23. The van der Waals surface area contributed by atoms with Crippen LogP contribution in [0.25, 0.3) is 0 Å². The van der Waals surface area contributed by atoms with Gasteiger partial charge in [0, 0.05) is 12.1 Å². The summed E-state index contributed by atoms with van der Waals surface area (Å²) in [5.74, 6) is 0. The Bertz CT molecular complexity index is 68.3. The van der Waals surface area contributed by atoms with Gasteiger partial charge in [0.2, 0.25) is 0 Å². The predicted molar refractivity (Wildman–Crippen MR) is 26.6 cm³/mol.